The molecule has 6 heteroatoms. The van der Waals surface area contributed by atoms with Gasteiger partial charge in [-0.3, -0.25) is 4.79 Å². The van der Waals surface area contributed by atoms with Crippen LogP contribution in [0.25, 0.3) is 0 Å². The topological polar surface area (TPSA) is 60.0 Å². The highest BCUT2D eigenvalue weighted by Crippen LogP contribution is 2.37. The lowest BCUT2D eigenvalue weighted by Gasteiger charge is -2.16. The Labute approximate surface area is 197 Å². The van der Waals surface area contributed by atoms with E-state index in [-0.39, 0.29) is 5.91 Å². The van der Waals surface area contributed by atoms with Crippen LogP contribution < -0.4 is 19.5 Å². The Morgan fingerprint density at radius 2 is 1.73 bits per heavy atom. The minimum Gasteiger partial charge on any atom is -0.494 e. The summed E-state index contributed by atoms with van der Waals surface area (Å²) in [5.74, 6) is 4.02. The molecule has 178 valence electrons. The number of ether oxygens (including phenoxy) is 3. The summed E-state index contributed by atoms with van der Waals surface area (Å²) in [6, 6.07) is 13.2. The molecule has 2 unspecified atom stereocenters. The second-order valence-corrected chi connectivity index (χ2v) is 9.13. The van der Waals surface area contributed by atoms with Crippen molar-refractivity contribution in [1.82, 2.24) is 10.2 Å². The predicted octanol–water partition coefficient (Wildman–Crippen LogP) is 4.18. The average Bonchev–Trinajstić information content (AvgIpc) is 3.44. The fourth-order valence-corrected chi connectivity index (χ4v) is 5.15. The van der Waals surface area contributed by atoms with Crippen molar-refractivity contribution in [3.8, 4) is 17.2 Å². The molecular weight excluding hydrogens is 416 g/mol. The maximum absolute atomic E-state index is 12.5. The van der Waals surface area contributed by atoms with Gasteiger partial charge in [0.15, 0.2) is 11.5 Å². The Balaban J connectivity index is 1.14. The third-order valence-electron chi connectivity index (χ3n) is 6.95. The number of carbonyl (C=O) groups excluding carboxylic acids is 1. The Bertz CT molecular complexity index is 903. The quantitative estimate of drug-likeness (QED) is 0.519. The second kappa shape index (κ2) is 11.4. The zero-order valence-electron chi connectivity index (χ0n) is 19.8. The molecule has 2 fully saturated rings. The molecule has 2 aliphatic rings. The minimum absolute atomic E-state index is 0.0818. The lowest BCUT2D eigenvalue weighted by atomic mass is 10.0. The van der Waals surface area contributed by atoms with Gasteiger partial charge in [0.25, 0.3) is 5.91 Å². The Kier molecular flexibility index (Phi) is 8.10. The summed E-state index contributed by atoms with van der Waals surface area (Å²) in [4.78, 5) is 15.1. The summed E-state index contributed by atoms with van der Waals surface area (Å²) in [5.41, 5.74) is 1.71. The summed E-state index contributed by atoms with van der Waals surface area (Å²) < 4.78 is 16.5. The van der Waals surface area contributed by atoms with Crippen molar-refractivity contribution < 1.29 is 19.0 Å². The molecule has 2 aromatic carbocycles. The smallest absolute Gasteiger partial charge is 0.251 e. The van der Waals surface area contributed by atoms with Gasteiger partial charge in [-0.15, -0.1) is 0 Å². The van der Waals surface area contributed by atoms with Crippen molar-refractivity contribution >= 4 is 5.91 Å². The van der Waals surface area contributed by atoms with Crippen molar-refractivity contribution in [1.29, 1.82) is 0 Å². The average molecular weight is 453 g/mol. The van der Waals surface area contributed by atoms with Gasteiger partial charge in [-0.05, 0) is 79.5 Å². The van der Waals surface area contributed by atoms with Crippen LogP contribution in [0.2, 0.25) is 0 Å². The molecule has 1 saturated carbocycles. The first-order chi connectivity index (χ1) is 16.2. The van der Waals surface area contributed by atoms with Crippen molar-refractivity contribution in [2.45, 2.75) is 32.1 Å². The second-order valence-electron chi connectivity index (χ2n) is 9.13. The highest BCUT2D eigenvalue weighted by molar-refractivity contribution is 5.94. The van der Waals surface area contributed by atoms with E-state index < -0.39 is 0 Å². The molecular formula is C27H36N2O4. The lowest BCUT2D eigenvalue weighted by Crippen LogP contribution is -2.25. The maximum Gasteiger partial charge on any atom is 0.251 e. The van der Waals surface area contributed by atoms with Gasteiger partial charge in [-0.1, -0.05) is 12.5 Å². The van der Waals surface area contributed by atoms with Crippen LogP contribution in [-0.2, 0) is 6.42 Å². The number of methoxy groups -OCH3 is 2. The summed E-state index contributed by atoms with van der Waals surface area (Å²) in [6.45, 7) is 4.93. The van der Waals surface area contributed by atoms with Crippen molar-refractivity contribution in [3.63, 3.8) is 0 Å². The molecule has 1 saturated heterocycles. The number of fused-ring (bicyclic) bond motifs is 1. The summed E-state index contributed by atoms with van der Waals surface area (Å²) in [6.07, 6.45) is 6.03. The minimum atomic E-state index is -0.0818. The van der Waals surface area contributed by atoms with E-state index in [9.17, 15) is 4.79 Å². The fourth-order valence-electron chi connectivity index (χ4n) is 5.15. The normalized spacial score (nSPS) is 19.8. The number of likely N-dealkylation sites (tertiary alicyclic amines) is 1. The molecule has 1 N–H and O–H groups in total. The molecule has 1 aliphatic heterocycles. The number of hydrogen-bond acceptors (Lipinski definition) is 5. The summed E-state index contributed by atoms with van der Waals surface area (Å²) in [5, 5.41) is 2.98. The van der Waals surface area contributed by atoms with Crippen molar-refractivity contribution in [3.05, 3.63) is 53.6 Å². The molecule has 2 aromatic rings. The monoisotopic (exact) mass is 452 g/mol. The molecule has 1 amide bonds. The zero-order chi connectivity index (χ0) is 23.0. The van der Waals surface area contributed by atoms with Crippen LogP contribution in [0.15, 0.2) is 42.5 Å². The molecule has 1 aliphatic carbocycles. The molecule has 0 bridgehead atoms. The Morgan fingerprint density at radius 3 is 2.42 bits per heavy atom. The van der Waals surface area contributed by atoms with E-state index in [0.717, 1.165) is 36.1 Å². The van der Waals surface area contributed by atoms with E-state index in [0.29, 0.717) is 36.6 Å². The number of benzene rings is 2. The Hall–Kier alpha value is -2.73. The molecule has 0 aromatic heterocycles. The number of nitrogens with zero attached hydrogens (tertiary/aromatic N) is 1. The van der Waals surface area contributed by atoms with Crippen LogP contribution in [0.3, 0.4) is 0 Å². The van der Waals surface area contributed by atoms with E-state index in [1.54, 1.807) is 14.2 Å². The Morgan fingerprint density at radius 1 is 1.00 bits per heavy atom. The number of carbonyl (C=O) groups is 1. The van der Waals surface area contributed by atoms with E-state index in [2.05, 4.69) is 10.2 Å². The van der Waals surface area contributed by atoms with E-state index >= 15 is 0 Å². The van der Waals surface area contributed by atoms with Crippen LogP contribution in [0.1, 0.15) is 41.6 Å². The molecule has 1 heterocycles. The number of amides is 1. The third kappa shape index (κ3) is 6.20. The number of hydrogen-bond donors (Lipinski definition) is 1. The summed E-state index contributed by atoms with van der Waals surface area (Å²) in [7, 11) is 3.24. The van der Waals surface area contributed by atoms with Gasteiger partial charge in [0.2, 0.25) is 0 Å². The van der Waals surface area contributed by atoms with E-state index in [1.165, 1.54) is 32.4 Å². The van der Waals surface area contributed by atoms with Gasteiger partial charge in [0.05, 0.1) is 20.8 Å². The first-order valence-electron chi connectivity index (χ1n) is 12.1. The SMILES string of the molecule is COc1ccc(CCNC(=O)c2ccc(OCCCN3CC4CCCC4C3)cc2)cc1OC. The van der Waals surface area contributed by atoms with Crippen LogP contribution >= 0.6 is 0 Å². The molecule has 6 nitrogen and oxygen atoms in total. The summed E-state index contributed by atoms with van der Waals surface area (Å²) >= 11 is 0. The lowest BCUT2D eigenvalue weighted by molar-refractivity contribution is 0.0954. The largest absolute Gasteiger partial charge is 0.494 e. The van der Waals surface area contributed by atoms with E-state index in [4.69, 9.17) is 14.2 Å². The van der Waals surface area contributed by atoms with E-state index in [1.807, 2.05) is 42.5 Å². The van der Waals surface area contributed by atoms with Gasteiger partial charge in [0.1, 0.15) is 5.75 Å². The van der Waals surface area contributed by atoms with Crippen LogP contribution in [0, 0.1) is 11.8 Å². The standard InChI is InChI=1S/C27H36N2O4/c1-31-25-12-7-20(17-26(25)32-2)13-14-28-27(30)21-8-10-24(11-9-21)33-16-4-15-29-18-22-5-3-6-23(22)19-29/h7-12,17,22-23H,3-6,13-16,18-19H2,1-2H3,(H,28,30). The van der Waals surface area contributed by atoms with Crippen LogP contribution in [0.4, 0.5) is 0 Å². The number of nitrogens with one attached hydrogen (secondary N) is 1. The first kappa shape index (κ1) is 23.4. The highest BCUT2D eigenvalue weighted by Gasteiger charge is 2.35. The molecule has 4 rings (SSSR count). The van der Waals surface area contributed by atoms with Crippen LogP contribution in [0.5, 0.6) is 17.2 Å². The van der Waals surface area contributed by atoms with Gasteiger partial charge >= 0.3 is 0 Å². The van der Waals surface area contributed by atoms with Crippen molar-refractivity contribution in [2.24, 2.45) is 11.8 Å². The molecule has 2 atom stereocenters. The zero-order valence-corrected chi connectivity index (χ0v) is 19.8. The van der Waals surface area contributed by atoms with Gasteiger partial charge in [-0.2, -0.15) is 0 Å². The third-order valence-corrected chi connectivity index (χ3v) is 6.95. The predicted molar refractivity (Wildman–Crippen MR) is 129 cm³/mol. The molecule has 0 spiro atoms. The van der Waals surface area contributed by atoms with Crippen LogP contribution in [-0.4, -0.2) is 57.8 Å². The fraction of sp³-hybridized carbons (Fsp3) is 0.519. The van der Waals surface area contributed by atoms with Gasteiger partial charge < -0.3 is 24.4 Å². The van der Waals surface area contributed by atoms with Gasteiger partial charge in [0, 0.05) is 31.7 Å². The van der Waals surface area contributed by atoms with Gasteiger partial charge in [-0.25, -0.2) is 0 Å². The number of rotatable bonds is 11. The molecule has 0 radical (unpaired) electrons. The van der Waals surface area contributed by atoms with Crippen molar-refractivity contribution in [2.75, 3.05) is 47.0 Å². The maximum atomic E-state index is 12.5. The first-order valence-corrected chi connectivity index (χ1v) is 12.1. The molecule has 33 heavy (non-hydrogen) atoms. The highest BCUT2D eigenvalue weighted by atomic mass is 16.5.